The van der Waals surface area contributed by atoms with Crippen molar-refractivity contribution in [1.82, 2.24) is 5.32 Å². The average molecular weight is 186 g/mol. The molecule has 1 fully saturated rings. The summed E-state index contributed by atoms with van der Waals surface area (Å²) in [6.45, 7) is 1.96. The molecule has 0 amide bonds. The number of para-hydroxylation sites is 1. The summed E-state index contributed by atoms with van der Waals surface area (Å²) in [6.07, 6.45) is 0.386. The zero-order chi connectivity index (χ0) is 7.52. The molecule has 12 heavy (non-hydrogen) atoms. The monoisotopic (exact) mass is 185 g/mol. The highest BCUT2D eigenvalue weighted by atomic mass is 35.5. The molecule has 1 saturated heterocycles. The van der Waals surface area contributed by atoms with Crippen LogP contribution in [0.3, 0.4) is 0 Å². The summed E-state index contributed by atoms with van der Waals surface area (Å²) in [5, 5.41) is 3.16. The molecule has 1 aromatic rings. The Bertz CT molecular complexity index is 223. The molecule has 2 nitrogen and oxygen atoms in total. The second-order valence-corrected chi connectivity index (χ2v) is 2.71. The standard InChI is InChI=1S/C9H11NO.ClH/c1-2-4-8(5-3-1)11-9-6-10-7-9;/h1-5,9-10H,6-7H2;1H. The minimum Gasteiger partial charge on any atom is -0.488 e. The number of rotatable bonds is 2. The van der Waals surface area contributed by atoms with Crippen LogP contribution in [0.5, 0.6) is 5.75 Å². The third kappa shape index (κ3) is 2.13. The molecule has 1 N–H and O–H groups in total. The molecule has 0 bridgehead atoms. The van der Waals surface area contributed by atoms with Crippen molar-refractivity contribution in [2.75, 3.05) is 13.1 Å². The smallest absolute Gasteiger partial charge is 0.123 e. The Balaban J connectivity index is 0.000000720. The molecule has 0 unspecified atom stereocenters. The molecular formula is C9H12ClNO. The van der Waals surface area contributed by atoms with Crippen LogP contribution >= 0.6 is 12.4 Å². The van der Waals surface area contributed by atoms with Crippen LogP contribution in [0.2, 0.25) is 0 Å². The van der Waals surface area contributed by atoms with E-state index in [2.05, 4.69) is 5.32 Å². The fraction of sp³-hybridized carbons (Fsp3) is 0.333. The van der Waals surface area contributed by atoms with Crippen molar-refractivity contribution >= 4 is 12.4 Å². The Labute approximate surface area is 78.3 Å². The SMILES string of the molecule is Cl.c1ccc(OC2CNC2)cc1. The van der Waals surface area contributed by atoms with Gasteiger partial charge in [0.25, 0.3) is 0 Å². The highest BCUT2D eigenvalue weighted by Gasteiger charge is 2.17. The van der Waals surface area contributed by atoms with Gasteiger partial charge in [-0.1, -0.05) is 18.2 Å². The minimum atomic E-state index is 0. The molecule has 0 aromatic heterocycles. The average Bonchev–Trinajstić information content (AvgIpc) is 1.99. The molecule has 0 radical (unpaired) electrons. The summed E-state index contributed by atoms with van der Waals surface area (Å²) in [5.74, 6) is 0.971. The lowest BCUT2D eigenvalue weighted by molar-refractivity contribution is 0.142. The first kappa shape index (κ1) is 9.36. The first-order valence-corrected chi connectivity index (χ1v) is 3.87. The number of hydrogen-bond acceptors (Lipinski definition) is 2. The topological polar surface area (TPSA) is 21.3 Å². The zero-order valence-electron chi connectivity index (χ0n) is 6.69. The number of halogens is 1. The summed E-state index contributed by atoms with van der Waals surface area (Å²) in [4.78, 5) is 0. The zero-order valence-corrected chi connectivity index (χ0v) is 7.51. The molecule has 0 spiro atoms. The highest BCUT2D eigenvalue weighted by Crippen LogP contribution is 2.11. The first-order valence-electron chi connectivity index (χ1n) is 3.87. The van der Waals surface area contributed by atoms with E-state index < -0.39 is 0 Å². The summed E-state index contributed by atoms with van der Waals surface area (Å²) in [6, 6.07) is 9.94. The maximum absolute atomic E-state index is 5.59. The van der Waals surface area contributed by atoms with E-state index in [-0.39, 0.29) is 12.4 Å². The van der Waals surface area contributed by atoms with Crippen LogP contribution in [0.1, 0.15) is 0 Å². The van der Waals surface area contributed by atoms with Gasteiger partial charge in [0, 0.05) is 13.1 Å². The Hall–Kier alpha value is -0.730. The predicted octanol–water partition coefficient (Wildman–Crippen LogP) is 1.46. The largest absolute Gasteiger partial charge is 0.488 e. The first-order chi connectivity index (χ1) is 5.45. The van der Waals surface area contributed by atoms with E-state index in [1.165, 1.54) is 0 Å². The number of ether oxygens (including phenoxy) is 1. The molecule has 1 aliphatic rings. The summed E-state index contributed by atoms with van der Waals surface area (Å²) in [5.41, 5.74) is 0. The quantitative estimate of drug-likeness (QED) is 0.754. The van der Waals surface area contributed by atoms with Crippen LogP contribution < -0.4 is 10.1 Å². The van der Waals surface area contributed by atoms with Gasteiger partial charge in [0.15, 0.2) is 0 Å². The van der Waals surface area contributed by atoms with Crippen LogP contribution in [0.25, 0.3) is 0 Å². The summed E-state index contributed by atoms with van der Waals surface area (Å²) >= 11 is 0. The van der Waals surface area contributed by atoms with Crippen molar-refractivity contribution in [3.63, 3.8) is 0 Å². The Morgan fingerprint density at radius 3 is 2.33 bits per heavy atom. The van der Waals surface area contributed by atoms with Crippen LogP contribution in [0.15, 0.2) is 30.3 Å². The van der Waals surface area contributed by atoms with Gasteiger partial charge in [0.1, 0.15) is 11.9 Å². The van der Waals surface area contributed by atoms with Crippen LogP contribution in [-0.2, 0) is 0 Å². The van der Waals surface area contributed by atoms with Crippen molar-refractivity contribution in [1.29, 1.82) is 0 Å². The Kier molecular flexibility index (Phi) is 3.38. The van der Waals surface area contributed by atoms with Gasteiger partial charge < -0.3 is 10.1 Å². The van der Waals surface area contributed by atoms with Crippen molar-refractivity contribution in [2.24, 2.45) is 0 Å². The van der Waals surface area contributed by atoms with E-state index in [1.54, 1.807) is 0 Å². The van der Waals surface area contributed by atoms with Gasteiger partial charge in [-0.25, -0.2) is 0 Å². The molecule has 2 rings (SSSR count). The van der Waals surface area contributed by atoms with Crippen molar-refractivity contribution < 1.29 is 4.74 Å². The number of nitrogens with one attached hydrogen (secondary N) is 1. The van der Waals surface area contributed by atoms with Gasteiger partial charge in [0.2, 0.25) is 0 Å². The normalized spacial score (nSPS) is 16.0. The van der Waals surface area contributed by atoms with Gasteiger partial charge in [-0.3, -0.25) is 0 Å². The Morgan fingerprint density at radius 1 is 1.17 bits per heavy atom. The lowest BCUT2D eigenvalue weighted by atomic mass is 10.2. The summed E-state index contributed by atoms with van der Waals surface area (Å²) < 4.78 is 5.59. The van der Waals surface area contributed by atoms with E-state index in [1.807, 2.05) is 30.3 Å². The van der Waals surface area contributed by atoms with Gasteiger partial charge in [-0.15, -0.1) is 12.4 Å². The van der Waals surface area contributed by atoms with Crippen LogP contribution in [0, 0.1) is 0 Å². The lowest BCUT2D eigenvalue weighted by Crippen LogP contribution is -2.50. The fourth-order valence-electron chi connectivity index (χ4n) is 1.04. The van der Waals surface area contributed by atoms with Gasteiger partial charge in [-0.2, -0.15) is 0 Å². The molecule has 1 heterocycles. The molecule has 1 aromatic carbocycles. The molecule has 66 valence electrons. The lowest BCUT2D eigenvalue weighted by Gasteiger charge is -2.27. The van der Waals surface area contributed by atoms with Gasteiger partial charge >= 0.3 is 0 Å². The molecule has 1 aliphatic heterocycles. The van der Waals surface area contributed by atoms with Crippen LogP contribution in [0.4, 0.5) is 0 Å². The number of benzene rings is 1. The third-order valence-corrected chi connectivity index (χ3v) is 1.79. The van der Waals surface area contributed by atoms with Crippen LogP contribution in [-0.4, -0.2) is 19.2 Å². The minimum absolute atomic E-state index is 0. The van der Waals surface area contributed by atoms with Gasteiger partial charge in [-0.05, 0) is 12.1 Å². The predicted molar refractivity (Wildman–Crippen MR) is 51.0 cm³/mol. The van der Waals surface area contributed by atoms with Crippen molar-refractivity contribution in [3.8, 4) is 5.75 Å². The molecule has 0 aliphatic carbocycles. The Morgan fingerprint density at radius 2 is 1.83 bits per heavy atom. The van der Waals surface area contributed by atoms with Crippen molar-refractivity contribution in [2.45, 2.75) is 6.10 Å². The molecular weight excluding hydrogens is 174 g/mol. The maximum atomic E-state index is 5.59. The van der Waals surface area contributed by atoms with E-state index in [0.29, 0.717) is 6.10 Å². The van der Waals surface area contributed by atoms with Crippen molar-refractivity contribution in [3.05, 3.63) is 30.3 Å². The van der Waals surface area contributed by atoms with E-state index in [9.17, 15) is 0 Å². The second kappa shape index (κ2) is 4.33. The van der Waals surface area contributed by atoms with E-state index in [0.717, 1.165) is 18.8 Å². The summed E-state index contributed by atoms with van der Waals surface area (Å²) in [7, 11) is 0. The fourth-order valence-corrected chi connectivity index (χ4v) is 1.04. The van der Waals surface area contributed by atoms with E-state index in [4.69, 9.17) is 4.74 Å². The molecule has 0 atom stereocenters. The molecule has 3 heteroatoms. The molecule has 0 saturated carbocycles. The number of hydrogen-bond donors (Lipinski definition) is 1. The highest BCUT2D eigenvalue weighted by molar-refractivity contribution is 5.85. The second-order valence-electron chi connectivity index (χ2n) is 2.71. The maximum Gasteiger partial charge on any atom is 0.123 e. The van der Waals surface area contributed by atoms with Gasteiger partial charge in [0.05, 0.1) is 0 Å². The third-order valence-electron chi connectivity index (χ3n) is 1.79. The van der Waals surface area contributed by atoms with E-state index >= 15 is 0 Å².